The summed E-state index contributed by atoms with van der Waals surface area (Å²) >= 11 is 15.1. The van der Waals surface area contributed by atoms with Gasteiger partial charge in [0.2, 0.25) is 0 Å². The Labute approximate surface area is 158 Å². The van der Waals surface area contributed by atoms with Crippen molar-refractivity contribution in [3.8, 4) is 0 Å². The second-order valence-corrected chi connectivity index (χ2v) is 7.13. The Hall–Kier alpha value is -1.63. The molecule has 1 aliphatic heterocycles. The molecule has 0 aliphatic carbocycles. The molecule has 24 heavy (non-hydrogen) atoms. The number of rotatable bonds is 2. The number of nitrogens with one attached hydrogen (secondary N) is 1. The summed E-state index contributed by atoms with van der Waals surface area (Å²) in [6.45, 7) is 1.56. The minimum absolute atomic E-state index is 0.0740. The van der Waals surface area contributed by atoms with Gasteiger partial charge in [0.05, 0.1) is 10.6 Å². The molecule has 7 heteroatoms. The monoisotopic (exact) mass is 424 g/mol. The van der Waals surface area contributed by atoms with Crippen molar-refractivity contribution < 1.29 is 9.90 Å². The first-order chi connectivity index (χ1) is 11.5. The molecule has 0 bridgehead atoms. The Kier molecular flexibility index (Phi) is 5.08. The van der Waals surface area contributed by atoms with E-state index in [0.29, 0.717) is 10.8 Å². The number of carbonyl (C=O) groups is 1. The summed E-state index contributed by atoms with van der Waals surface area (Å²) in [4.78, 5) is 13.1. The number of halogens is 2. The number of thiocarbonyl (C=S) groups is 1. The third-order valence-corrected chi connectivity index (χ3v) is 5.36. The largest absolute Gasteiger partial charge is 0.478 e. The maximum atomic E-state index is 11.0. The van der Waals surface area contributed by atoms with E-state index in [9.17, 15) is 4.79 Å². The maximum Gasteiger partial charge on any atom is 0.337 e. The fourth-order valence-corrected chi connectivity index (χ4v) is 3.85. The average Bonchev–Trinajstić information content (AvgIpc) is 2.54. The first-order valence-electron chi connectivity index (χ1n) is 7.31. The molecule has 124 valence electrons. The Morgan fingerprint density at radius 2 is 2.12 bits per heavy atom. The molecule has 3 rings (SSSR count). The summed E-state index contributed by atoms with van der Waals surface area (Å²) in [6, 6.07) is 10.9. The topological polar surface area (TPSA) is 52.6 Å². The van der Waals surface area contributed by atoms with Gasteiger partial charge in [0.1, 0.15) is 0 Å². The van der Waals surface area contributed by atoms with E-state index in [1.165, 1.54) is 17.2 Å². The second kappa shape index (κ2) is 7.09. The Morgan fingerprint density at radius 3 is 2.83 bits per heavy atom. The van der Waals surface area contributed by atoms with Crippen molar-refractivity contribution in [1.29, 1.82) is 0 Å². The molecule has 0 radical (unpaired) electrons. The zero-order valence-corrected chi connectivity index (χ0v) is 15.7. The second-order valence-electron chi connectivity index (χ2n) is 5.48. The highest BCUT2D eigenvalue weighted by Gasteiger charge is 2.20. The zero-order valence-electron chi connectivity index (χ0n) is 12.6. The van der Waals surface area contributed by atoms with Gasteiger partial charge in [-0.1, -0.05) is 39.7 Å². The van der Waals surface area contributed by atoms with Crippen LogP contribution in [0.25, 0.3) is 0 Å². The normalized spacial score (nSPS) is 13.3. The maximum absolute atomic E-state index is 11.0. The van der Waals surface area contributed by atoms with Crippen molar-refractivity contribution in [2.45, 2.75) is 13.0 Å². The summed E-state index contributed by atoms with van der Waals surface area (Å²) < 4.78 is 1.13. The third kappa shape index (κ3) is 3.55. The first-order valence-corrected chi connectivity index (χ1v) is 8.88. The molecule has 1 aliphatic rings. The highest BCUT2D eigenvalue weighted by Crippen LogP contribution is 2.27. The summed E-state index contributed by atoms with van der Waals surface area (Å²) in [5, 5.41) is 12.9. The van der Waals surface area contributed by atoms with Gasteiger partial charge in [-0.15, -0.1) is 0 Å². The van der Waals surface area contributed by atoms with Crippen molar-refractivity contribution in [2.24, 2.45) is 0 Å². The standard InChI is InChI=1S/C17H14BrClN2O2S/c18-14-3-1-2-10-9-21(7-6-12(10)14)17(24)20-11-4-5-13(16(22)23)15(19)8-11/h1-5,8H,6-7,9H2,(H,20,24)(H,22,23). The number of aromatic carboxylic acids is 1. The van der Waals surface area contributed by atoms with Crippen LogP contribution < -0.4 is 5.32 Å². The number of carboxylic acids is 1. The smallest absolute Gasteiger partial charge is 0.337 e. The fourth-order valence-electron chi connectivity index (χ4n) is 2.71. The predicted molar refractivity (Wildman–Crippen MR) is 103 cm³/mol. The van der Waals surface area contributed by atoms with Crippen LogP contribution in [0.2, 0.25) is 5.02 Å². The van der Waals surface area contributed by atoms with Crippen molar-refractivity contribution in [1.82, 2.24) is 4.90 Å². The van der Waals surface area contributed by atoms with Gasteiger partial charge < -0.3 is 15.3 Å². The summed E-state index contributed by atoms with van der Waals surface area (Å²) in [7, 11) is 0. The number of hydrogen-bond donors (Lipinski definition) is 2. The molecule has 0 unspecified atom stereocenters. The van der Waals surface area contributed by atoms with E-state index in [0.717, 1.165) is 24.0 Å². The highest BCUT2D eigenvalue weighted by molar-refractivity contribution is 9.10. The van der Waals surface area contributed by atoms with Crippen LogP contribution >= 0.6 is 39.7 Å². The summed E-state index contributed by atoms with van der Waals surface area (Å²) in [6.07, 6.45) is 0.914. The van der Waals surface area contributed by atoms with E-state index < -0.39 is 5.97 Å². The molecule has 2 N–H and O–H groups in total. The van der Waals surface area contributed by atoms with Gasteiger partial charge in [-0.2, -0.15) is 0 Å². The molecule has 0 saturated carbocycles. The van der Waals surface area contributed by atoms with Crippen molar-refractivity contribution in [3.05, 3.63) is 62.6 Å². The summed E-state index contributed by atoms with van der Waals surface area (Å²) in [5.41, 5.74) is 3.32. The van der Waals surface area contributed by atoms with Crippen LogP contribution in [-0.2, 0) is 13.0 Å². The minimum Gasteiger partial charge on any atom is -0.478 e. The highest BCUT2D eigenvalue weighted by atomic mass is 79.9. The molecular formula is C17H14BrClN2O2S. The molecule has 0 fully saturated rings. The minimum atomic E-state index is -1.05. The van der Waals surface area contributed by atoms with E-state index >= 15 is 0 Å². The molecule has 0 atom stereocenters. The molecule has 2 aromatic carbocycles. The lowest BCUT2D eigenvalue weighted by atomic mass is 10.0. The predicted octanol–water partition coefficient (Wildman–Crippen LogP) is 4.56. The van der Waals surface area contributed by atoms with Crippen LogP contribution in [0.15, 0.2) is 40.9 Å². The first kappa shape index (κ1) is 17.2. The van der Waals surface area contributed by atoms with Gasteiger partial charge in [0.15, 0.2) is 5.11 Å². The van der Waals surface area contributed by atoms with E-state index in [4.69, 9.17) is 28.9 Å². The van der Waals surface area contributed by atoms with E-state index in [1.807, 2.05) is 6.07 Å². The van der Waals surface area contributed by atoms with Crippen LogP contribution in [0.3, 0.4) is 0 Å². The third-order valence-electron chi connectivity index (χ3n) is 3.95. The van der Waals surface area contributed by atoms with Gasteiger partial charge in [-0.3, -0.25) is 0 Å². The molecule has 4 nitrogen and oxygen atoms in total. The zero-order chi connectivity index (χ0) is 17.3. The molecule has 1 heterocycles. The molecule has 0 saturated heterocycles. The van der Waals surface area contributed by atoms with Crippen LogP contribution in [0.5, 0.6) is 0 Å². The lowest BCUT2D eigenvalue weighted by Crippen LogP contribution is -2.38. The van der Waals surface area contributed by atoms with Crippen molar-refractivity contribution in [3.63, 3.8) is 0 Å². The number of hydrogen-bond acceptors (Lipinski definition) is 2. The average molecular weight is 426 g/mol. The van der Waals surface area contributed by atoms with E-state index in [2.05, 4.69) is 38.3 Å². The van der Waals surface area contributed by atoms with Crippen LogP contribution in [-0.4, -0.2) is 27.6 Å². The number of anilines is 1. The van der Waals surface area contributed by atoms with E-state index in [-0.39, 0.29) is 10.6 Å². The van der Waals surface area contributed by atoms with Gasteiger partial charge in [-0.05, 0) is 54.0 Å². The van der Waals surface area contributed by atoms with Crippen molar-refractivity contribution >= 4 is 56.5 Å². The van der Waals surface area contributed by atoms with Crippen molar-refractivity contribution in [2.75, 3.05) is 11.9 Å². The van der Waals surface area contributed by atoms with Gasteiger partial charge in [0.25, 0.3) is 0 Å². The lowest BCUT2D eigenvalue weighted by molar-refractivity contribution is 0.0697. The number of nitrogens with zero attached hydrogens (tertiary/aromatic N) is 1. The number of benzene rings is 2. The summed E-state index contributed by atoms with van der Waals surface area (Å²) in [5.74, 6) is -1.05. The van der Waals surface area contributed by atoms with Crippen LogP contribution in [0.4, 0.5) is 5.69 Å². The Balaban J connectivity index is 1.72. The molecular weight excluding hydrogens is 412 g/mol. The van der Waals surface area contributed by atoms with E-state index in [1.54, 1.807) is 12.1 Å². The Bertz CT molecular complexity index is 828. The van der Waals surface area contributed by atoms with Crippen LogP contribution in [0.1, 0.15) is 21.5 Å². The molecule has 0 amide bonds. The molecule has 0 spiro atoms. The van der Waals surface area contributed by atoms with Gasteiger partial charge in [0, 0.05) is 23.2 Å². The SMILES string of the molecule is O=C(O)c1ccc(NC(=S)N2CCc3c(Br)cccc3C2)cc1Cl. The lowest BCUT2D eigenvalue weighted by Gasteiger charge is -2.31. The van der Waals surface area contributed by atoms with Crippen LogP contribution in [0, 0.1) is 0 Å². The fraction of sp³-hybridized carbons (Fsp3) is 0.176. The van der Waals surface area contributed by atoms with Gasteiger partial charge >= 0.3 is 5.97 Å². The molecule has 2 aromatic rings. The Morgan fingerprint density at radius 1 is 1.33 bits per heavy atom. The van der Waals surface area contributed by atoms with Gasteiger partial charge in [-0.25, -0.2) is 4.79 Å². The number of fused-ring (bicyclic) bond motifs is 1. The molecule has 0 aromatic heterocycles. The number of carboxylic acid groups (broad SMARTS) is 1. The quantitative estimate of drug-likeness (QED) is 0.691.